The number of sulfonamides is 1. The Morgan fingerprint density at radius 1 is 1.40 bits per heavy atom. The molecule has 0 radical (unpaired) electrons. The number of benzene rings is 1. The monoisotopic (exact) mass is 304 g/mol. The highest BCUT2D eigenvalue weighted by Gasteiger charge is 2.27. The number of piperidine rings is 1. The molecular weight excluding hydrogens is 286 g/mol. The fourth-order valence-electron chi connectivity index (χ4n) is 2.38. The van der Waals surface area contributed by atoms with Gasteiger partial charge in [-0.25, -0.2) is 21.5 Å². The smallest absolute Gasteiger partial charge is 0.245 e. The fraction of sp³-hybridized carbons (Fsp3) is 0.538. The van der Waals surface area contributed by atoms with Gasteiger partial charge in [-0.3, -0.25) is 0 Å². The van der Waals surface area contributed by atoms with E-state index < -0.39 is 26.6 Å². The summed E-state index contributed by atoms with van der Waals surface area (Å²) in [7, 11) is -2.60. The van der Waals surface area contributed by atoms with Crippen molar-refractivity contribution in [3.63, 3.8) is 0 Å². The third kappa shape index (κ3) is 3.34. The van der Waals surface area contributed by atoms with Gasteiger partial charge in [0.2, 0.25) is 10.0 Å². The molecule has 2 rings (SSSR count). The van der Waals surface area contributed by atoms with Crippen LogP contribution in [0.15, 0.2) is 23.1 Å². The average Bonchev–Trinajstić information content (AvgIpc) is 2.42. The first-order valence-electron chi connectivity index (χ1n) is 6.53. The summed E-state index contributed by atoms with van der Waals surface area (Å²) >= 11 is 0. The molecule has 1 saturated heterocycles. The Morgan fingerprint density at radius 2 is 2.15 bits per heavy atom. The Morgan fingerprint density at radius 3 is 2.80 bits per heavy atom. The first-order valence-corrected chi connectivity index (χ1v) is 7.97. The molecule has 0 amide bonds. The molecule has 1 aromatic rings. The molecule has 0 aliphatic carbocycles. The molecule has 1 aromatic carbocycles. The fourth-order valence-corrected chi connectivity index (χ4v) is 3.70. The third-order valence-corrected chi connectivity index (χ3v) is 5.33. The molecule has 0 spiro atoms. The van der Waals surface area contributed by atoms with Crippen molar-refractivity contribution >= 4 is 10.0 Å². The minimum atomic E-state index is -4.00. The lowest BCUT2D eigenvalue weighted by atomic mass is 10.00. The normalized spacial score (nSPS) is 20.3. The van der Waals surface area contributed by atoms with Crippen molar-refractivity contribution in [3.05, 3.63) is 29.8 Å². The van der Waals surface area contributed by atoms with Crippen LogP contribution in [-0.4, -0.2) is 39.4 Å². The summed E-state index contributed by atoms with van der Waals surface area (Å²) in [6, 6.07) is 2.46. The molecule has 1 atom stereocenters. The minimum Gasteiger partial charge on any atom is -0.316 e. The van der Waals surface area contributed by atoms with Crippen molar-refractivity contribution in [1.82, 2.24) is 9.62 Å². The van der Waals surface area contributed by atoms with Gasteiger partial charge in [-0.15, -0.1) is 0 Å². The molecule has 7 heteroatoms. The molecule has 0 aromatic heterocycles. The lowest BCUT2D eigenvalue weighted by molar-refractivity contribution is 0.314. The van der Waals surface area contributed by atoms with Gasteiger partial charge in [-0.1, -0.05) is 0 Å². The Balaban J connectivity index is 2.18. The summed E-state index contributed by atoms with van der Waals surface area (Å²) in [6.45, 7) is 1.97. The van der Waals surface area contributed by atoms with Crippen LogP contribution in [0.1, 0.15) is 12.8 Å². The molecule has 1 unspecified atom stereocenters. The summed E-state index contributed by atoms with van der Waals surface area (Å²) in [6.07, 6.45) is 1.92. The second-order valence-corrected chi connectivity index (χ2v) is 7.09. The first kappa shape index (κ1) is 15.3. The van der Waals surface area contributed by atoms with E-state index in [0.29, 0.717) is 6.54 Å². The van der Waals surface area contributed by atoms with Gasteiger partial charge in [0.15, 0.2) is 0 Å². The quantitative estimate of drug-likeness (QED) is 0.919. The van der Waals surface area contributed by atoms with E-state index in [-0.39, 0.29) is 5.92 Å². The van der Waals surface area contributed by atoms with Gasteiger partial charge >= 0.3 is 0 Å². The van der Waals surface area contributed by atoms with Crippen LogP contribution in [0, 0.1) is 17.6 Å². The molecule has 20 heavy (non-hydrogen) atoms. The predicted octanol–water partition coefficient (Wildman–Crippen LogP) is 1.58. The predicted molar refractivity (Wildman–Crippen MR) is 71.8 cm³/mol. The van der Waals surface area contributed by atoms with Gasteiger partial charge in [0.05, 0.1) is 0 Å². The van der Waals surface area contributed by atoms with Crippen LogP contribution in [0.4, 0.5) is 8.78 Å². The van der Waals surface area contributed by atoms with Gasteiger partial charge in [-0.05, 0) is 50.0 Å². The second-order valence-electron chi connectivity index (χ2n) is 5.07. The Kier molecular flexibility index (Phi) is 4.72. The maximum absolute atomic E-state index is 13.6. The van der Waals surface area contributed by atoms with Crippen LogP contribution in [-0.2, 0) is 10.0 Å². The average molecular weight is 304 g/mol. The van der Waals surface area contributed by atoms with Crippen LogP contribution in [0.25, 0.3) is 0 Å². The zero-order valence-electron chi connectivity index (χ0n) is 11.3. The Labute approximate surface area is 117 Å². The molecule has 112 valence electrons. The summed E-state index contributed by atoms with van der Waals surface area (Å²) in [5, 5.41) is 3.20. The minimum absolute atomic E-state index is 0.195. The highest BCUT2D eigenvalue weighted by Crippen LogP contribution is 2.21. The van der Waals surface area contributed by atoms with Gasteiger partial charge in [0, 0.05) is 13.6 Å². The van der Waals surface area contributed by atoms with Gasteiger partial charge < -0.3 is 5.32 Å². The molecule has 1 aliphatic rings. The molecule has 0 bridgehead atoms. The summed E-state index contributed by atoms with van der Waals surface area (Å²) in [5.41, 5.74) is 0. The van der Waals surface area contributed by atoms with E-state index in [1.807, 2.05) is 0 Å². The van der Waals surface area contributed by atoms with Gasteiger partial charge in [0.1, 0.15) is 16.5 Å². The van der Waals surface area contributed by atoms with Crippen molar-refractivity contribution in [2.75, 3.05) is 26.7 Å². The topological polar surface area (TPSA) is 49.4 Å². The standard InChI is InChI=1S/C13H18F2N2O2S/c1-17(9-10-3-2-6-16-8-10)20(18,19)13-7-11(14)4-5-12(13)15/h4-5,7,10,16H,2-3,6,8-9H2,1H3. The number of hydrogen-bond donors (Lipinski definition) is 1. The van der Waals surface area contributed by atoms with E-state index in [9.17, 15) is 17.2 Å². The largest absolute Gasteiger partial charge is 0.316 e. The van der Waals surface area contributed by atoms with Crippen LogP contribution in [0.2, 0.25) is 0 Å². The summed E-state index contributed by atoms with van der Waals surface area (Å²) in [4.78, 5) is -0.608. The third-order valence-electron chi connectivity index (χ3n) is 3.50. The number of halogens is 2. The molecule has 4 nitrogen and oxygen atoms in total. The number of nitrogens with one attached hydrogen (secondary N) is 1. The molecule has 1 heterocycles. The molecule has 1 N–H and O–H groups in total. The van der Waals surface area contributed by atoms with Crippen molar-refractivity contribution in [1.29, 1.82) is 0 Å². The molecule has 1 aliphatic heterocycles. The lowest BCUT2D eigenvalue weighted by Gasteiger charge is -2.27. The maximum atomic E-state index is 13.6. The van der Waals surface area contributed by atoms with E-state index in [1.165, 1.54) is 7.05 Å². The van der Waals surface area contributed by atoms with Crippen molar-refractivity contribution in [3.8, 4) is 0 Å². The highest BCUT2D eigenvalue weighted by atomic mass is 32.2. The van der Waals surface area contributed by atoms with E-state index in [2.05, 4.69) is 5.32 Å². The van der Waals surface area contributed by atoms with Gasteiger partial charge in [0.25, 0.3) is 0 Å². The number of nitrogens with zero attached hydrogens (tertiary/aromatic N) is 1. The lowest BCUT2D eigenvalue weighted by Crippen LogP contribution is -2.39. The second kappa shape index (κ2) is 6.15. The number of rotatable bonds is 4. The van der Waals surface area contributed by atoms with Crippen LogP contribution in [0.3, 0.4) is 0 Å². The summed E-state index contributed by atoms with van der Waals surface area (Å²) < 4.78 is 52.4. The van der Waals surface area contributed by atoms with Crippen molar-refractivity contribution < 1.29 is 17.2 Å². The number of hydrogen-bond acceptors (Lipinski definition) is 3. The van der Waals surface area contributed by atoms with Crippen LogP contribution >= 0.6 is 0 Å². The Bertz CT molecular complexity index is 572. The molecular formula is C13H18F2N2O2S. The van der Waals surface area contributed by atoms with Crippen LogP contribution < -0.4 is 5.32 Å². The van der Waals surface area contributed by atoms with Crippen LogP contribution in [0.5, 0.6) is 0 Å². The van der Waals surface area contributed by atoms with Crippen molar-refractivity contribution in [2.45, 2.75) is 17.7 Å². The zero-order chi connectivity index (χ0) is 14.8. The van der Waals surface area contributed by atoms with E-state index in [1.54, 1.807) is 0 Å². The Hall–Kier alpha value is -1.05. The maximum Gasteiger partial charge on any atom is 0.245 e. The molecule has 0 saturated carbocycles. The SMILES string of the molecule is CN(CC1CCCNC1)S(=O)(=O)c1cc(F)ccc1F. The highest BCUT2D eigenvalue weighted by molar-refractivity contribution is 7.89. The van der Waals surface area contributed by atoms with E-state index >= 15 is 0 Å². The molecule has 1 fully saturated rings. The van der Waals surface area contributed by atoms with E-state index in [4.69, 9.17) is 0 Å². The summed E-state index contributed by atoms with van der Waals surface area (Å²) in [5.74, 6) is -1.50. The van der Waals surface area contributed by atoms with Crippen molar-refractivity contribution in [2.24, 2.45) is 5.92 Å². The zero-order valence-corrected chi connectivity index (χ0v) is 12.1. The first-order chi connectivity index (χ1) is 9.41. The van der Waals surface area contributed by atoms with Gasteiger partial charge in [-0.2, -0.15) is 0 Å². The van der Waals surface area contributed by atoms with E-state index in [0.717, 1.165) is 48.4 Å².